The van der Waals surface area contributed by atoms with E-state index in [0.29, 0.717) is 17.9 Å². The van der Waals surface area contributed by atoms with Crippen molar-refractivity contribution in [3.8, 4) is 5.75 Å². The highest BCUT2D eigenvalue weighted by atomic mass is 35.5. The maximum atomic E-state index is 12.7. The van der Waals surface area contributed by atoms with Crippen LogP contribution in [-0.4, -0.2) is 22.2 Å². The van der Waals surface area contributed by atoms with Gasteiger partial charge in [0.15, 0.2) is 0 Å². The number of benzene rings is 2. The Morgan fingerprint density at radius 2 is 1.90 bits per heavy atom. The number of hydrazone groups is 1. The maximum absolute atomic E-state index is 12.7. The maximum Gasteiger partial charge on any atom is 0.205 e. The lowest BCUT2D eigenvalue weighted by molar-refractivity contribution is -0.171. The SMILES string of the molecule is Cc1ccc(C2=NN3C(C2)c2cc(Cl)ccc2OC32CC(=O)CC(C)(C)C2)cc1. The third kappa shape index (κ3) is 3.14. The van der Waals surface area contributed by atoms with E-state index in [-0.39, 0.29) is 17.2 Å². The molecule has 1 fully saturated rings. The molecule has 0 radical (unpaired) electrons. The van der Waals surface area contributed by atoms with E-state index in [1.165, 1.54) is 5.56 Å². The van der Waals surface area contributed by atoms with E-state index in [1.807, 2.05) is 18.2 Å². The van der Waals surface area contributed by atoms with Gasteiger partial charge in [0.05, 0.1) is 18.2 Å². The molecule has 0 saturated heterocycles. The second-order valence-electron chi connectivity index (χ2n) is 9.44. The smallest absolute Gasteiger partial charge is 0.205 e. The number of aryl methyl sites for hydroxylation is 1. The Balaban J connectivity index is 1.63. The first kappa shape index (κ1) is 18.7. The van der Waals surface area contributed by atoms with Crippen LogP contribution in [-0.2, 0) is 4.79 Å². The van der Waals surface area contributed by atoms with Crippen molar-refractivity contribution in [1.29, 1.82) is 0 Å². The summed E-state index contributed by atoms with van der Waals surface area (Å²) in [4.78, 5) is 12.7. The van der Waals surface area contributed by atoms with Crippen molar-refractivity contribution in [3.05, 3.63) is 64.2 Å². The zero-order valence-corrected chi connectivity index (χ0v) is 17.8. The Kier molecular flexibility index (Phi) is 4.08. The van der Waals surface area contributed by atoms with Crippen molar-refractivity contribution < 1.29 is 9.53 Å². The number of Topliss-reactive ketones (excluding diaryl/α,β-unsaturated/α-hetero) is 1. The largest absolute Gasteiger partial charge is 0.466 e. The molecule has 2 aromatic carbocycles. The van der Waals surface area contributed by atoms with Gasteiger partial charge in [-0.2, -0.15) is 5.10 Å². The minimum atomic E-state index is -0.739. The summed E-state index contributed by atoms with van der Waals surface area (Å²) in [5, 5.41) is 7.80. The van der Waals surface area contributed by atoms with E-state index < -0.39 is 5.72 Å². The number of hydrogen-bond donors (Lipinski definition) is 0. The Labute approximate surface area is 176 Å². The van der Waals surface area contributed by atoms with Crippen molar-refractivity contribution in [3.63, 3.8) is 0 Å². The van der Waals surface area contributed by atoms with Gasteiger partial charge in [-0.3, -0.25) is 4.79 Å². The zero-order valence-electron chi connectivity index (χ0n) is 17.0. The third-order valence-electron chi connectivity index (χ3n) is 6.25. The zero-order chi connectivity index (χ0) is 20.4. The first-order valence-corrected chi connectivity index (χ1v) is 10.6. The van der Waals surface area contributed by atoms with Gasteiger partial charge < -0.3 is 4.74 Å². The van der Waals surface area contributed by atoms with Gasteiger partial charge in [0, 0.05) is 29.8 Å². The molecule has 5 rings (SSSR count). The second kappa shape index (κ2) is 6.33. The number of nitrogens with zero attached hydrogens (tertiary/aromatic N) is 2. The molecular formula is C24H25ClN2O2. The van der Waals surface area contributed by atoms with E-state index in [2.05, 4.69) is 50.0 Å². The lowest BCUT2D eigenvalue weighted by atomic mass is 9.71. The first-order valence-electron chi connectivity index (χ1n) is 10.2. The number of ether oxygens (including phenoxy) is 1. The van der Waals surface area contributed by atoms with Crippen molar-refractivity contribution in [1.82, 2.24) is 5.01 Å². The molecule has 3 aliphatic rings. The van der Waals surface area contributed by atoms with Crippen LogP contribution in [0.25, 0.3) is 0 Å². The minimum Gasteiger partial charge on any atom is -0.466 e. The van der Waals surface area contributed by atoms with Crippen molar-refractivity contribution >= 4 is 23.1 Å². The summed E-state index contributed by atoms with van der Waals surface area (Å²) < 4.78 is 6.58. The predicted octanol–water partition coefficient (Wildman–Crippen LogP) is 5.67. The quantitative estimate of drug-likeness (QED) is 0.610. The fourth-order valence-electron chi connectivity index (χ4n) is 5.18. The summed E-state index contributed by atoms with van der Waals surface area (Å²) in [5.41, 5.74) is 3.54. The highest BCUT2D eigenvalue weighted by Gasteiger charge is 2.56. The molecule has 2 unspecified atom stereocenters. The minimum absolute atomic E-state index is 0.0236. The van der Waals surface area contributed by atoms with Crippen LogP contribution >= 0.6 is 11.6 Å². The van der Waals surface area contributed by atoms with E-state index >= 15 is 0 Å². The van der Waals surface area contributed by atoms with Gasteiger partial charge in [-0.1, -0.05) is 55.3 Å². The summed E-state index contributed by atoms with van der Waals surface area (Å²) >= 11 is 6.32. The second-order valence-corrected chi connectivity index (χ2v) is 9.88. The molecule has 2 aliphatic heterocycles. The summed E-state index contributed by atoms with van der Waals surface area (Å²) in [7, 11) is 0. The Bertz CT molecular complexity index is 1030. The molecule has 2 heterocycles. The number of halogens is 1. The van der Waals surface area contributed by atoms with Crippen LogP contribution in [0.4, 0.5) is 0 Å². The highest BCUT2D eigenvalue weighted by Crippen LogP contribution is 2.54. The van der Waals surface area contributed by atoms with Crippen LogP contribution in [0.3, 0.4) is 0 Å². The lowest BCUT2D eigenvalue weighted by Crippen LogP contribution is -2.59. The van der Waals surface area contributed by atoms with Gasteiger partial charge in [0.2, 0.25) is 5.72 Å². The number of hydrogen-bond acceptors (Lipinski definition) is 4. The molecular weight excluding hydrogens is 384 g/mol. The summed E-state index contributed by atoms with van der Waals surface area (Å²) in [5.74, 6) is 1.05. The Hall–Kier alpha value is -2.33. The molecule has 0 bridgehead atoms. The van der Waals surface area contributed by atoms with Gasteiger partial charge >= 0.3 is 0 Å². The van der Waals surface area contributed by atoms with Crippen molar-refractivity contribution in [2.24, 2.45) is 10.5 Å². The van der Waals surface area contributed by atoms with Gasteiger partial charge in [-0.05, 0) is 36.1 Å². The first-order chi connectivity index (χ1) is 13.7. The van der Waals surface area contributed by atoms with Crippen LogP contribution in [0.5, 0.6) is 5.75 Å². The van der Waals surface area contributed by atoms with Crippen molar-refractivity contribution in [2.75, 3.05) is 0 Å². The van der Waals surface area contributed by atoms with Crippen molar-refractivity contribution in [2.45, 2.75) is 58.2 Å². The number of carbonyl (C=O) groups excluding carboxylic acids is 1. The molecule has 2 aromatic rings. The summed E-state index contributed by atoms with van der Waals surface area (Å²) in [6.07, 6.45) is 2.48. The monoisotopic (exact) mass is 408 g/mol. The standard InChI is InChI=1S/C24H25ClN2O2/c1-15-4-6-16(7-5-15)20-11-21-19-10-17(25)8-9-22(19)29-24(27(21)26-20)13-18(28)12-23(2,3)14-24/h4-10,21H,11-14H2,1-3H3. The van der Waals surface area contributed by atoms with E-state index in [9.17, 15) is 4.79 Å². The number of rotatable bonds is 1. The van der Waals surface area contributed by atoms with Crippen LogP contribution in [0.15, 0.2) is 47.6 Å². The number of fused-ring (bicyclic) bond motifs is 4. The number of carbonyl (C=O) groups is 1. The molecule has 29 heavy (non-hydrogen) atoms. The molecule has 1 spiro atoms. The lowest BCUT2D eigenvalue weighted by Gasteiger charge is -2.52. The molecule has 2 atom stereocenters. The molecule has 1 aliphatic carbocycles. The normalized spacial score (nSPS) is 27.3. The van der Waals surface area contributed by atoms with Gasteiger partial charge in [-0.15, -0.1) is 0 Å². The third-order valence-corrected chi connectivity index (χ3v) is 6.48. The molecule has 5 heteroatoms. The average Bonchev–Trinajstić information content (AvgIpc) is 3.08. The molecule has 1 saturated carbocycles. The van der Waals surface area contributed by atoms with E-state index in [4.69, 9.17) is 21.4 Å². The molecule has 0 aromatic heterocycles. The highest BCUT2D eigenvalue weighted by molar-refractivity contribution is 6.30. The van der Waals surface area contributed by atoms with Crippen LogP contribution in [0.1, 0.15) is 62.3 Å². The number of ketones is 1. The fourth-order valence-corrected chi connectivity index (χ4v) is 5.36. The van der Waals surface area contributed by atoms with Gasteiger partial charge in [0.25, 0.3) is 0 Å². The summed E-state index contributed by atoms with van der Waals surface area (Å²) in [6, 6.07) is 14.3. The van der Waals surface area contributed by atoms with E-state index in [0.717, 1.165) is 35.4 Å². The average molecular weight is 409 g/mol. The van der Waals surface area contributed by atoms with Crippen LogP contribution < -0.4 is 4.74 Å². The molecule has 150 valence electrons. The molecule has 0 N–H and O–H groups in total. The van der Waals surface area contributed by atoms with Gasteiger partial charge in [-0.25, -0.2) is 5.01 Å². The molecule has 4 nitrogen and oxygen atoms in total. The fraction of sp³-hybridized carbons (Fsp3) is 0.417. The molecule has 0 amide bonds. The van der Waals surface area contributed by atoms with Gasteiger partial charge in [0.1, 0.15) is 11.5 Å². The topological polar surface area (TPSA) is 41.9 Å². The Morgan fingerprint density at radius 3 is 2.62 bits per heavy atom. The summed E-state index contributed by atoms with van der Waals surface area (Å²) in [6.45, 7) is 6.37. The predicted molar refractivity (Wildman–Crippen MR) is 114 cm³/mol. The van der Waals surface area contributed by atoms with Crippen LogP contribution in [0.2, 0.25) is 5.02 Å². The Morgan fingerprint density at radius 1 is 1.14 bits per heavy atom. The van der Waals surface area contributed by atoms with E-state index in [1.54, 1.807) is 0 Å². The van der Waals surface area contributed by atoms with Crippen LogP contribution in [0, 0.1) is 12.3 Å².